The van der Waals surface area contributed by atoms with Crippen LogP contribution in [0, 0.1) is 0 Å². The summed E-state index contributed by atoms with van der Waals surface area (Å²) < 4.78 is 5.90. The molecule has 0 aliphatic carbocycles. The van der Waals surface area contributed by atoms with Gasteiger partial charge in [-0.2, -0.15) is 0 Å². The molecular formula is C22H24N6O4. The van der Waals surface area contributed by atoms with Crippen LogP contribution in [0.5, 0.6) is 5.75 Å². The lowest BCUT2D eigenvalue weighted by molar-refractivity contribution is 0.0179. The molecule has 32 heavy (non-hydrogen) atoms. The molecule has 3 N–H and O–H groups in total. The van der Waals surface area contributed by atoms with Gasteiger partial charge in [-0.1, -0.05) is 18.2 Å². The maximum absolute atomic E-state index is 13.2. The maximum Gasteiger partial charge on any atom is 0.407 e. The van der Waals surface area contributed by atoms with Gasteiger partial charge in [-0.25, -0.2) is 14.8 Å². The number of aromatic nitrogens is 3. The molecule has 1 atom stereocenters. The van der Waals surface area contributed by atoms with E-state index in [1.54, 1.807) is 11.1 Å². The van der Waals surface area contributed by atoms with Crippen LogP contribution in [0.4, 0.5) is 10.6 Å². The van der Waals surface area contributed by atoms with Gasteiger partial charge in [0.25, 0.3) is 5.91 Å². The number of nitrogens with zero attached hydrogens (tertiary/aromatic N) is 4. The molecule has 10 nitrogen and oxygen atoms in total. The largest absolute Gasteiger partial charge is 0.487 e. The normalized spacial score (nSPS) is 18.9. The number of hydrogen-bond donors (Lipinski definition) is 3. The van der Waals surface area contributed by atoms with Crippen LogP contribution >= 0.6 is 0 Å². The predicted octanol–water partition coefficient (Wildman–Crippen LogP) is 2.42. The second kappa shape index (κ2) is 8.37. The number of likely N-dealkylation sites (tertiary alicyclic amines) is 2. The fraction of sp³-hybridized carbons (Fsp3) is 0.364. The third-order valence-electron chi connectivity index (χ3n) is 5.91. The van der Waals surface area contributed by atoms with Gasteiger partial charge in [0.2, 0.25) is 0 Å². The van der Waals surface area contributed by atoms with Gasteiger partial charge < -0.3 is 29.9 Å². The lowest BCUT2D eigenvalue weighted by atomic mass is 10.1. The Kier molecular flexibility index (Phi) is 5.26. The van der Waals surface area contributed by atoms with Crippen LogP contribution in [0.25, 0.3) is 11.0 Å². The van der Waals surface area contributed by atoms with Crippen LogP contribution in [0.15, 0.2) is 42.9 Å². The zero-order valence-corrected chi connectivity index (χ0v) is 17.4. The number of rotatable bonds is 5. The van der Waals surface area contributed by atoms with Crippen molar-refractivity contribution < 1.29 is 19.4 Å². The molecule has 10 heteroatoms. The van der Waals surface area contributed by atoms with Crippen molar-refractivity contribution in [1.82, 2.24) is 24.8 Å². The Labute approximate surface area is 184 Å². The van der Waals surface area contributed by atoms with Crippen molar-refractivity contribution in [2.45, 2.75) is 25.0 Å². The Bertz CT molecular complexity index is 1130. The summed E-state index contributed by atoms with van der Waals surface area (Å²) >= 11 is 0. The minimum atomic E-state index is -0.924. The molecule has 1 unspecified atom stereocenters. The number of benzene rings is 1. The van der Waals surface area contributed by atoms with Crippen LogP contribution in [0.3, 0.4) is 0 Å². The van der Waals surface area contributed by atoms with Crippen LogP contribution in [0.2, 0.25) is 0 Å². The summed E-state index contributed by atoms with van der Waals surface area (Å²) in [6.07, 6.45) is 3.72. The molecule has 4 heterocycles. The van der Waals surface area contributed by atoms with Gasteiger partial charge in [0.1, 0.15) is 29.6 Å². The van der Waals surface area contributed by atoms with Crippen molar-refractivity contribution in [2.75, 3.05) is 31.5 Å². The average Bonchev–Trinajstić information content (AvgIpc) is 3.22. The minimum absolute atomic E-state index is 0.0374. The first-order valence-corrected chi connectivity index (χ1v) is 10.7. The van der Waals surface area contributed by atoms with Crippen molar-refractivity contribution in [1.29, 1.82) is 0 Å². The highest BCUT2D eigenvalue weighted by molar-refractivity contribution is 6.09. The van der Waals surface area contributed by atoms with Crippen molar-refractivity contribution in [3.05, 3.63) is 48.4 Å². The number of anilines is 1. The van der Waals surface area contributed by atoms with Crippen LogP contribution < -0.4 is 10.1 Å². The van der Waals surface area contributed by atoms with Gasteiger partial charge in [0, 0.05) is 25.3 Å². The molecule has 2 saturated heterocycles. The molecule has 0 spiro atoms. The number of para-hydroxylation sites is 1. The van der Waals surface area contributed by atoms with Gasteiger partial charge in [0.15, 0.2) is 0 Å². The number of amides is 2. The van der Waals surface area contributed by atoms with E-state index in [0.717, 1.165) is 18.6 Å². The van der Waals surface area contributed by atoms with Crippen LogP contribution in [-0.4, -0.2) is 80.2 Å². The van der Waals surface area contributed by atoms with Gasteiger partial charge in [-0.3, -0.25) is 4.79 Å². The lowest BCUT2D eigenvalue weighted by Crippen LogP contribution is -2.56. The smallest absolute Gasteiger partial charge is 0.407 e. The number of piperidine rings is 1. The number of carbonyl (C=O) groups is 2. The number of carboxylic acid groups (broad SMARTS) is 1. The summed E-state index contributed by atoms with van der Waals surface area (Å²) in [5, 5.41) is 13.3. The standard InChI is InChI=1S/C22H24N6O4/c29-21(28-11-16(12-28)32-15-6-2-1-3-7-15)17-9-23-19-18(17)20(25-13-24-19)26-14-5-4-8-27(10-14)22(30)31/h1-3,6-7,9,13-14,16H,4-5,8,10-12H2,(H,30,31)(H2,23,24,25,26). The molecule has 166 valence electrons. The Morgan fingerprint density at radius 3 is 2.72 bits per heavy atom. The molecule has 2 amide bonds. The molecule has 2 fully saturated rings. The Morgan fingerprint density at radius 2 is 1.94 bits per heavy atom. The number of carbonyl (C=O) groups excluding carboxylic acids is 1. The van der Waals surface area contributed by atoms with Gasteiger partial charge in [-0.05, 0) is 25.0 Å². The van der Waals surface area contributed by atoms with E-state index in [2.05, 4.69) is 20.3 Å². The molecule has 2 aliphatic rings. The maximum atomic E-state index is 13.2. The molecule has 1 aromatic carbocycles. The topological polar surface area (TPSA) is 124 Å². The quantitative estimate of drug-likeness (QED) is 0.561. The SMILES string of the molecule is O=C(O)N1CCCC(Nc2ncnc3[nH]cc(C(=O)N4CC(Oc5ccccc5)C4)c23)C1. The summed E-state index contributed by atoms with van der Waals surface area (Å²) in [5.74, 6) is 1.21. The zero-order chi connectivity index (χ0) is 22.1. The lowest BCUT2D eigenvalue weighted by Gasteiger charge is -2.39. The monoisotopic (exact) mass is 436 g/mol. The number of nitrogens with one attached hydrogen (secondary N) is 2. The number of H-pyrrole nitrogens is 1. The van der Waals surface area contributed by atoms with E-state index in [1.807, 2.05) is 30.3 Å². The van der Waals surface area contributed by atoms with Gasteiger partial charge in [0.05, 0.1) is 24.0 Å². The van der Waals surface area contributed by atoms with Gasteiger partial charge in [-0.15, -0.1) is 0 Å². The molecule has 2 aromatic heterocycles. The third kappa shape index (κ3) is 3.91. The van der Waals surface area contributed by atoms with E-state index in [0.29, 0.717) is 48.6 Å². The first-order chi connectivity index (χ1) is 15.6. The van der Waals surface area contributed by atoms with E-state index >= 15 is 0 Å². The Morgan fingerprint density at radius 1 is 1.12 bits per heavy atom. The summed E-state index contributed by atoms with van der Waals surface area (Å²) in [7, 11) is 0. The fourth-order valence-corrected chi connectivity index (χ4v) is 4.24. The Hall–Kier alpha value is -3.82. The zero-order valence-electron chi connectivity index (χ0n) is 17.4. The molecule has 0 radical (unpaired) electrons. The number of hydrogen-bond acceptors (Lipinski definition) is 6. The highest BCUT2D eigenvalue weighted by Crippen LogP contribution is 2.28. The van der Waals surface area contributed by atoms with Crippen molar-refractivity contribution in [3.8, 4) is 5.75 Å². The summed E-state index contributed by atoms with van der Waals surface area (Å²) in [5.41, 5.74) is 1.06. The minimum Gasteiger partial charge on any atom is -0.487 e. The summed E-state index contributed by atoms with van der Waals surface area (Å²) in [6.45, 7) is 1.92. The fourth-order valence-electron chi connectivity index (χ4n) is 4.24. The second-order valence-corrected chi connectivity index (χ2v) is 8.12. The van der Waals surface area contributed by atoms with Crippen LogP contribution in [0.1, 0.15) is 23.2 Å². The van der Waals surface area contributed by atoms with E-state index in [-0.39, 0.29) is 18.1 Å². The predicted molar refractivity (Wildman–Crippen MR) is 117 cm³/mol. The molecule has 2 aliphatic heterocycles. The molecule has 0 saturated carbocycles. The van der Waals surface area contributed by atoms with Crippen molar-refractivity contribution in [2.24, 2.45) is 0 Å². The van der Waals surface area contributed by atoms with E-state index < -0.39 is 6.09 Å². The average molecular weight is 436 g/mol. The number of fused-ring (bicyclic) bond motifs is 1. The highest BCUT2D eigenvalue weighted by Gasteiger charge is 2.34. The summed E-state index contributed by atoms with van der Waals surface area (Å²) in [6, 6.07) is 9.48. The molecule has 3 aromatic rings. The molecule has 0 bridgehead atoms. The first-order valence-electron chi connectivity index (χ1n) is 10.7. The van der Waals surface area contributed by atoms with Crippen molar-refractivity contribution >= 4 is 28.9 Å². The number of aromatic amines is 1. The Balaban J connectivity index is 1.30. The van der Waals surface area contributed by atoms with Crippen molar-refractivity contribution in [3.63, 3.8) is 0 Å². The second-order valence-electron chi connectivity index (χ2n) is 8.12. The molecule has 5 rings (SSSR count). The molecular weight excluding hydrogens is 412 g/mol. The van der Waals surface area contributed by atoms with Crippen LogP contribution in [-0.2, 0) is 0 Å². The third-order valence-corrected chi connectivity index (χ3v) is 5.91. The number of ether oxygens (including phenoxy) is 1. The highest BCUT2D eigenvalue weighted by atomic mass is 16.5. The first kappa shape index (κ1) is 20.1. The summed E-state index contributed by atoms with van der Waals surface area (Å²) in [4.78, 5) is 39.3. The van der Waals surface area contributed by atoms with E-state index in [9.17, 15) is 14.7 Å². The van der Waals surface area contributed by atoms with Gasteiger partial charge >= 0.3 is 6.09 Å². The van der Waals surface area contributed by atoms with E-state index in [1.165, 1.54) is 11.2 Å². The van der Waals surface area contributed by atoms with E-state index in [4.69, 9.17) is 4.74 Å².